The van der Waals surface area contributed by atoms with Crippen LogP contribution >= 0.6 is 23.8 Å². The Labute approximate surface area is 152 Å². The normalized spacial score (nSPS) is 10.2. The van der Waals surface area contributed by atoms with Crippen molar-refractivity contribution in [3.63, 3.8) is 0 Å². The third-order valence-electron chi connectivity index (χ3n) is 3.23. The van der Waals surface area contributed by atoms with Gasteiger partial charge in [-0.25, -0.2) is 0 Å². The monoisotopic (exact) mass is 362 g/mol. The van der Waals surface area contributed by atoms with Gasteiger partial charge in [0.1, 0.15) is 5.75 Å². The number of amides is 1. The van der Waals surface area contributed by atoms with Crippen LogP contribution in [0.3, 0.4) is 0 Å². The average Bonchev–Trinajstić information content (AvgIpc) is 2.47. The van der Waals surface area contributed by atoms with Gasteiger partial charge in [0, 0.05) is 10.7 Å². The van der Waals surface area contributed by atoms with E-state index in [9.17, 15) is 4.79 Å². The predicted octanol–water partition coefficient (Wildman–Crippen LogP) is 4.16. The van der Waals surface area contributed by atoms with E-state index in [1.165, 1.54) is 0 Å². The Balaban J connectivity index is 1.85. The quantitative estimate of drug-likeness (QED) is 0.802. The summed E-state index contributed by atoms with van der Waals surface area (Å²) in [7, 11) is 0. The fraction of sp³-hybridized carbons (Fsp3) is 0.222. The number of hydrogen-bond acceptors (Lipinski definition) is 3. The number of rotatable bonds is 4. The molecule has 0 heterocycles. The van der Waals surface area contributed by atoms with Gasteiger partial charge in [0.2, 0.25) is 0 Å². The summed E-state index contributed by atoms with van der Waals surface area (Å²) in [6.07, 6.45) is 0. The molecule has 0 aliphatic rings. The first kappa shape index (κ1) is 18.2. The van der Waals surface area contributed by atoms with E-state index < -0.39 is 0 Å². The molecule has 4 nitrogen and oxygen atoms in total. The van der Waals surface area contributed by atoms with Gasteiger partial charge in [0.15, 0.2) is 11.7 Å². The molecule has 0 radical (unpaired) electrons. The summed E-state index contributed by atoms with van der Waals surface area (Å²) >= 11 is 11.1. The summed E-state index contributed by atoms with van der Waals surface area (Å²) in [4.78, 5) is 11.9. The zero-order valence-corrected chi connectivity index (χ0v) is 15.3. The molecule has 0 aromatic heterocycles. The molecule has 0 unspecified atom stereocenters. The van der Waals surface area contributed by atoms with Crippen molar-refractivity contribution in [3.8, 4) is 5.75 Å². The number of hydrogen-bond donors (Lipinski definition) is 2. The highest BCUT2D eigenvalue weighted by molar-refractivity contribution is 7.80. The molecule has 0 fully saturated rings. The van der Waals surface area contributed by atoms with E-state index in [0.29, 0.717) is 10.8 Å². The van der Waals surface area contributed by atoms with Crippen molar-refractivity contribution in [2.24, 2.45) is 0 Å². The standard InChI is InChI=1S/C18H19ClN2O2S/c1-11-6-12(2)8-14(7-11)20-18(24)21-17(22)10-23-15-4-5-16(19)13(3)9-15/h4-9H,10H2,1-3H3,(H2,20,21,22,24). The van der Waals surface area contributed by atoms with Crippen molar-refractivity contribution in [1.82, 2.24) is 5.32 Å². The lowest BCUT2D eigenvalue weighted by Gasteiger charge is -2.12. The lowest BCUT2D eigenvalue weighted by molar-refractivity contribution is -0.121. The van der Waals surface area contributed by atoms with Crippen molar-refractivity contribution in [2.45, 2.75) is 20.8 Å². The minimum absolute atomic E-state index is 0.129. The van der Waals surface area contributed by atoms with Gasteiger partial charge in [-0.3, -0.25) is 10.1 Å². The Hall–Kier alpha value is -2.11. The van der Waals surface area contributed by atoms with Gasteiger partial charge >= 0.3 is 0 Å². The van der Waals surface area contributed by atoms with Crippen LogP contribution in [0.5, 0.6) is 5.75 Å². The third kappa shape index (κ3) is 5.51. The van der Waals surface area contributed by atoms with Gasteiger partial charge in [0.25, 0.3) is 5.91 Å². The summed E-state index contributed by atoms with van der Waals surface area (Å²) in [5.74, 6) is 0.254. The van der Waals surface area contributed by atoms with Crippen molar-refractivity contribution in [3.05, 3.63) is 58.1 Å². The summed E-state index contributed by atoms with van der Waals surface area (Å²) in [6.45, 7) is 5.75. The molecule has 2 aromatic rings. The van der Waals surface area contributed by atoms with E-state index >= 15 is 0 Å². The van der Waals surface area contributed by atoms with Crippen molar-refractivity contribution in [2.75, 3.05) is 11.9 Å². The minimum atomic E-state index is -0.329. The van der Waals surface area contributed by atoms with Crippen molar-refractivity contribution in [1.29, 1.82) is 0 Å². The molecular weight excluding hydrogens is 344 g/mol. The number of halogens is 1. The number of ether oxygens (including phenoxy) is 1. The molecule has 126 valence electrons. The topological polar surface area (TPSA) is 50.4 Å². The molecule has 0 spiro atoms. The number of nitrogens with one attached hydrogen (secondary N) is 2. The third-order valence-corrected chi connectivity index (χ3v) is 3.86. The predicted molar refractivity (Wildman–Crippen MR) is 102 cm³/mol. The fourth-order valence-corrected chi connectivity index (χ4v) is 2.58. The number of carbonyl (C=O) groups is 1. The van der Waals surface area contributed by atoms with Crippen molar-refractivity contribution >= 4 is 40.5 Å². The zero-order valence-electron chi connectivity index (χ0n) is 13.8. The fourth-order valence-electron chi connectivity index (χ4n) is 2.23. The second-order valence-corrected chi connectivity index (χ2v) is 6.39. The Morgan fingerprint density at radius 2 is 1.79 bits per heavy atom. The molecule has 2 N–H and O–H groups in total. The van der Waals surface area contributed by atoms with Crippen LogP contribution in [0.4, 0.5) is 5.69 Å². The molecule has 0 atom stereocenters. The van der Waals surface area contributed by atoms with E-state index in [0.717, 1.165) is 22.4 Å². The van der Waals surface area contributed by atoms with Gasteiger partial charge in [-0.2, -0.15) is 0 Å². The van der Waals surface area contributed by atoms with Gasteiger partial charge in [-0.15, -0.1) is 0 Å². The first-order valence-electron chi connectivity index (χ1n) is 7.41. The second-order valence-electron chi connectivity index (χ2n) is 5.58. The highest BCUT2D eigenvalue weighted by Crippen LogP contribution is 2.20. The molecule has 0 saturated carbocycles. The minimum Gasteiger partial charge on any atom is -0.484 e. The molecule has 2 rings (SSSR count). The maximum Gasteiger partial charge on any atom is 0.264 e. The van der Waals surface area contributed by atoms with Crippen LogP contribution in [0, 0.1) is 20.8 Å². The van der Waals surface area contributed by atoms with E-state index in [4.69, 9.17) is 28.6 Å². The lowest BCUT2D eigenvalue weighted by atomic mass is 10.1. The number of benzene rings is 2. The number of thiocarbonyl (C=S) groups is 1. The molecule has 24 heavy (non-hydrogen) atoms. The summed E-state index contributed by atoms with van der Waals surface area (Å²) in [5.41, 5.74) is 3.97. The SMILES string of the molecule is Cc1cc(C)cc(NC(=S)NC(=O)COc2ccc(Cl)c(C)c2)c1. The number of aryl methyl sites for hydroxylation is 3. The van der Waals surface area contributed by atoms with Crippen molar-refractivity contribution < 1.29 is 9.53 Å². The maximum absolute atomic E-state index is 11.9. The van der Waals surface area contributed by atoms with Crippen LogP contribution in [0.25, 0.3) is 0 Å². The number of carbonyl (C=O) groups excluding carboxylic acids is 1. The average molecular weight is 363 g/mol. The second kappa shape index (κ2) is 8.13. The van der Waals surface area contributed by atoms with E-state index in [-0.39, 0.29) is 17.6 Å². The highest BCUT2D eigenvalue weighted by atomic mass is 35.5. The number of anilines is 1. The molecule has 1 amide bonds. The Kier molecular flexibility index (Phi) is 6.17. The highest BCUT2D eigenvalue weighted by Gasteiger charge is 2.07. The van der Waals surface area contributed by atoms with Crippen LogP contribution in [-0.4, -0.2) is 17.6 Å². The van der Waals surface area contributed by atoms with E-state index in [1.54, 1.807) is 18.2 Å². The smallest absolute Gasteiger partial charge is 0.264 e. The Morgan fingerprint density at radius 3 is 2.42 bits per heavy atom. The van der Waals surface area contributed by atoms with Crippen LogP contribution in [0.1, 0.15) is 16.7 Å². The van der Waals surface area contributed by atoms with Gasteiger partial charge in [-0.1, -0.05) is 17.7 Å². The summed E-state index contributed by atoms with van der Waals surface area (Å²) < 4.78 is 5.43. The molecule has 0 saturated heterocycles. The first-order valence-corrected chi connectivity index (χ1v) is 8.20. The Bertz CT molecular complexity index is 757. The molecule has 2 aromatic carbocycles. The lowest BCUT2D eigenvalue weighted by Crippen LogP contribution is -2.37. The molecule has 0 aliphatic heterocycles. The van der Waals surface area contributed by atoms with E-state index in [2.05, 4.69) is 16.7 Å². The van der Waals surface area contributed by atoms with Gasteiger partial charge in [-0.05, 0) is 80.0 Å². The molecule has 0 bridgehead atoms. The summed E-state index contributed by atoms with van der Waals surface area (Å²) in [5, 5.41) is 6.48. The van der Waals surface area contributed by atoms with E-state index in [1.807, 2.05) is 32.9 Å². The zero-order chi connectivity index (χ0) is 17.7. The van der Waals surface area contributed by atoms with Gasteiger partial charge in [0.05, 0.1) is 0 Å². The largest absolute Gasteiger partial charge is 0.484 e. The van der Waals surface area contributed by atoms with Crippen LogP contribution < -0.4 is 15.4 Å². The Morgan fingerprint density at radius 1 is 1.12 bits per heavy atom. The molecule has 6 heteroatoms. The van der Waals surface area contributed by atoms with Crippen LogP contribution in [-0.2, 0) is 4.79 Å². The summed E-state index contributed by atoms with van der Waals surface area (Å²) in [6, 6.07) is 11.2. The van der Waals surface area contributed by atoms with Crippen LogP contribution in [0.15, 0.2) is 36.4 Å². The molecular formula is C18H19ClN2O2S. The maximum atomic E-state index is 11.9. The van der Waals surface area contributed by atoms with Gasteiger partial charge < -0.3 is 10.1 Å². The first-order chi connectivity index (χ1) is 11.3. The van der Waals surface area contributed by atoms with Crippen LogP contribution in [0.2, 0.25) is 5.02 Å². The molecule has 0 aliphatic carbocycles.